The highest BCUT2D eigenvalue weighted by molar-refractivity contribution is 5.80. The van der Waals surface area contributed by atoms with Gasteiger partial charge in [0.15, 0.2) is 5.69 Å². The molecule has 1 aromatic heterocycles. The molecule has 0 aromatic carbocycles. The zero-order chi connectivity index (χ0) is 10.1. The van der Waals surface area contributed by atoms with Crippen LogP contribution >= 0.6 is 0 Å². The quantitative estimate of drug-likeness (QED) is 0.717. The van der Waals surface area contributed by atoms with E-state index in [2.05, 4.69) is 9.68 Å². The highest BCUT2D eigenvalue weighted by Gasteiger charge is 2.35. The first-order valence-electron chi connectivity index (χ1n) is 2.93. The first-order valence-corrected chi connectivity index (χ1v) is 2.93. The number of alkyl halides is 3. The molecule has 1 heterocycles. The molecule has 1 amide bonds. The van der Waals surface area contributed by atoms with Gasteiger partial charge in [-0.3, -0.25) is 5.32 Å². The Hall–Kier alpha value is -1.73. The number of carbonyl (C=O) groups is 1. The second kappa shape index (κ2) is 2.96. The minimum atomic E-state index is -4.64. The summed E-state index contributed by atoms with van der Waals surface area (Å²) in [5.74, 6) is -0.570. The third kappa shape index (κ3) is 2.36. The molecule has 5 nitrogen and oxygen atoms in total. The van der Waals surface area contributed by atoms with Gasteiger partial charge in [-0.25, -0.2) is 4.79 Å². The van der Waals surface area contributed by atoms with E-state index in [0.717, 1.165) is 0 Å². The molecule has 0 spiro atoms. The van der Waals surface area contributed by atoms with Crippen LogP contribution in [-0.4, -0.2) is 16.4 Å². The van der Waals surface area contributed by atoms with Crippen molar-refractivity contribution in [2.75, 3.05) is 5.32 Å². The lowest BCUT2D eigenvalue weighted by Gasteiger charge is -1.97. The average molecular weight is 196 g/mol. The van der Waals surface area contributed by atoms with E-state index < -0.39 is 23.8 Å². The topological polar surface area (TPSA) is 75.4 Å². The van der Waals surface area contributed by atoms with Crippen molar-refractivity contribution in [3.05, 3.63) is 11.8 Å². The molecule has 0 saturated carbocycles. The predicted octanol–water partition coefficient (Wildman–Crippen LogP) is 1.78. The summed E-state index contributed by atoms with van der Waals surface area (Å²) in [6.45, 7) is 0. The largest absolute Gasteiger partial charge is 0.465 e. The lowest BCUT2D eigenvalue weighted by molar-refractivity contribution is -0.142. The molecular formula is C5H3F3N2O3. The summed E-state index contributed by atoms with van der Waals surface area (Å²) in [4.78, 5) is 9.95. The SMILES string of the molecule is O=C(O)Nc1cc(C(F)(F)F)no1. The molecule has 72 valence electrons. The number of rotatable bonds is 1. The second-order valence-electron chi connectivity index (χ2n) is 2.00. The highest BCUT2D eigenvalue weighted by Crippen LogP contribution is 2.29. The first-order chi connectivity index (χ1) is 5.89. The summed E-state index contributed by atoms with van der Waals surface area (Å²) in [7, 11) is 0. The van der Waals surface area contributed by atoms with Crippen molar-refractivity contribution >= 4 is 12.0 Å². The third-order valence-corrected chi connectivity index (χ3v) is 1.03. The van der Waals surface area contributed by atoms with Crippen LogP contribution in [0.25, 0.3) is 0 Å². The molecule has 1 rings (SSSR count). The number of nitrogens with zero attached hydrogens (tertiary/aromatic N) is 1. The van der Waals surface area contributed by atoms with Crippen molar-refractivity contribution in [2.24, 2.45) is 0 Å². The number of nitrogens with one attached hydrogen (secondary N) is 1. The molecule has 0 saturated heterocycles. The van der Waals surface area contributed by atoms with Crippen molar-refractivity contribution in [2.45, 2.75) is 6.18 Å². The Bertz CT molecular complexity index is 319. The van der Waals surface area contributed by atoms with Crippen LogP contribution in [0.1, 0.15) is 5.69 Å². The van der Waals surface area contributed by atoms with E-state index in [1.54, 1.807) is 5.32 Å². The minimum absolute atomic E-state index is 0.452. The molecule has 0 unspecified atom stereocenters. The molecule has 0 radical (unpaired) electrons. The second-order valence-corrected chi connectivity index (χ2v) is 2.00. The van der Waals surface area contributed by atoms with Crippen LogP contribution in [0.15, 0.2) is 10.6 Å². The van der Waals surface area contributed by atoms with Gasteiger partial charge in [0.25, 0.3) is 0 Å². The molecule has 13 heavy (non-hydrogen) atoms. The fraction of sp³-hybridized carbons (Fsp3) is 0.200. The van der Waals surface area contributed by atoms with Crippen LogP contribution in [0.2, 0.25) is 0 Å². The fourth-order valence-electron chi connectivity index (χ4n) is 0.573. The van der Waals surface area contributed by atoms with Gasteiger partial charge in [0.1, 0.15) is 0 Å². The van der Waals surface area contributed by atoms with Crippen LogP contribution in [0.3, 0.4) is 0 Å². The smallest absolute Gasteiger partial charge is 0.436 e. The molecule has 0 aliphatic heterocycles. The van der Waals surface area contributed by atoms with Gasteiger partial charge in [-0.15, -0.1) is 0 Å². The number of aromatic nitrogens is 1. The van der Waals surface area contributed by atoms with Gasteiger partial charge in [-0.2, -0.15) is 13.2 Å². The monoisotopic (exact) mass is 196 g/mol. The summed E-state index contributed by atoms with van der Waals surface area (Å²) in [6, 6.07) is 0.452. The normalized spacial score (nSPS) is 11.3. The zero-order valence-electron chi connectivity index (χ0n) is 5.92. The Morgan fingerprint density at radius 3 is 2.62 bits per heavy atom. The Morgan fingerprint density at radius 2 is 2.23 bits per heavy atom. The summed E-state index contributed by atoms with van der Waals surface area (Å²) < 4.78 is 39.6. The Balaban J connectivity index is 2.81. The van der Waals surface area contributed by atoms with Gasteiger partial charge in [0.05, 0.1) is 0 Å². The van der Waals surface area contributed by atoms with Gasteiger partial charge in [0, 0.05) is 6.07 Å². The van der Waals surface area contributed by atoms with Crippen molar-refractivity contribution < 1.29 is 27.6 Å². The predicted molar refractivity (Wildman–Crippen MR) is 33.2 cm³/mol. The molecule has 8 heteroatoms. The van der Waals surface area contributed by atoms with Gasteiger partial charge in [-0.1, -0.05) is 5.16 Å². The number of halogens is 3. The first kappa shape index (κ1) is 9.36. The maximum Gasteiger partial charge on any atom is 0.436 e. The van der Waals surface area contributed by atoms with E-state index in [1.807, 2.05) is 0 Å². The van der Waals surface area contributed by atoms with E-state index in [0.29, 0.717) is 6.07 Å². The lowest BCUT2D eigenvalue weighted by Crippen LogP contribution is -2.07. The van der Waals surface area contributed by atoms with Crippen molar-refractivity contribution in [3.8, 4) is 0 Å². The van der Waals surface area contributed by atoms with Gasteiger partial charge < -0.3 is 9.63 Å². The highest BCUT2D eigenvalue weighted by atomic mass is 19.4. The Morgan fingerprint density at radius 1 is 1.62 bits per heavy atom. The number of anilines is 1. The van der Waals surface area contributed by atoms with Gasteiger partial charge in [0.2, 0.25) is 5.88 Å². The molecular weight excluding hydrogens is 193 g/mol. The minimum Gasteiger partial charge on any atom is -0.465 e. The number of amides is 1. The summed E-state index contributed by atoms with van der Waals surface area (Å²) >= 11 is 0. The van der Waals surface area contributed by atoms with Crippen LogP contribution in [0, 0.1) is 0 Å². The van der Waals surface area contributed by atoms with Crippen LogP contribution < -0.4 is 5.32 Å². The van der Waals surface area contributed by atoms with E-state index in [9.17, 15) is 18.0 Å². The third-order valence-electron chi connectivity index (χ3n) is 1.03. The number of hydrogen-bond acceptors (Lipinski definition) is 3. The Kier molecular flexibility index (Phi) is 2.13. The van der Waals surface area contributed by atoms with Crippen molar-refractivity contribution in [1.82, 2.24) is 5.16 Å². The van der Waals surface area contributed by atoms with E-state index >= 15 is 0 Å². The van der Waals surface area contributed by atoms with Gasteiger partial charge in [-0.05, 0) is 0 Å². The van der Waals surface area contributed by atoms with Crippen molar-refractivity contribution in [1.29, 1.82) is 0 Å². The number of carboxylic acid groups (broad SMARTS) is 1. The van der Waals surface area contributed by atoms with E-state index in [1.165, 1.54) is 0 Å². The Labute approximate surface area is 69.1 Å². The van der Waals surface area contributed by atoms with E-state index in [4.69, 9.17) is 5.11 Å². The van der Waals surface area contributed by atoms with Crippen molar-refractivity contribution in [3.63, 3.8) is 0 Å². The van der Waals surface area contributed by atoms with Crippen LogP contribution in [0.5, 0.6) is 0 Å². The molecule has 0 bridgehead atoms. The molecule has 0 fully saturated rings. The van der Waals surface area contributed by atoms with Crippen LogP contribution in [0.4, 0.5) is 23.8 Å². The fourth-order valence-corrected chi connectivity index (χ4v) is 0.573. The molecule has 0 aliphatic rings. The van der Waals surface area contributed by atoms with E-state index in [-0.39, 0.29) is 0 Å². The number of hydrogen-bond donors (Lipinski definition) is 2. The lowest BCUT2D eigenvalue weighted by atomic mass is 10.4. The standard InChI is InChI=1S/C5H3F3N2O3/c6-5(7,8)2-1-3(13-10-2)9-4(11)12/h1,9H,(H,11,12). The zero-order valence-corrected chi connectivity index (χ0v) is 5.92. The summed E-state index contributed by atoms with van der Waals surface area (Å²) in [5.41, 5.74) is -1.28. The molecule has 0 aliphatic carbocycles. The maximum atomic E-state index is 11.8. The van der Waals surface area contributed by atoms with Crippen LogP contribution in [-0.2, 0) is 6.18 Å². The molecule has 1 aromatic rings. The summed E-state index contributed by atoms with van der Waals surface area (Å²) in [5, 5.41) is 12.3. The average Bonchev–Trinajstić information content (AvgIpc) is 2.32. The van der Waals surface area contributed by atoms with Gasteiger partial charge >= 0.3 is 12.3 Å². The molecule has 0 atom stereocenters. The summed E-state index contributed by atoms with van der Waals surface area (Å²) in [6.07, 6.45) is -6.16. The molecule has 2 N–H and O–H groups in total. The maximum absolute atomic E-state index is 11.8.